The maximum Gasteiger partial charge on any atom is 0.255 e. The van der Waals surface area contributed by atoms with Crippen molar-refractivity contribution in [3.05, 3.63) is 23.4 Å². The van der Waals surface area contributed by atoms with E-state index in [9.17, 15) is 9.59 Å². The lowest BCUT2D eigenvalue weighted by Crippen LogP contribution is -2.40. The average molecular weight is 471 g/mol. The number of fused-ring (bicyclic) bond motifs is 1. The number of rotatable bonds is 4. The van der Waals surface area contributed by atoms with Crippen LogP contribution in [0, 0.1) is 17.8 Å². The second kappa shape index (κ2) is 11.1. The second-order valence-electron chi connectivity index (χ2n) is 11.2. The number of likely N-dealkylation sites (N-methyl/N-ethyl adjacent to an activating group) is 1. The van der Waals surface area contributed by atoms with Gasteiger partial charge in [0.2, 0.25) is 5.91 Å². The van der Waals surface area contributed by atoms with Gasteiger partial charge in [-0.15, -0.1) is 0 Å². The molecule has 1 aromatic heterocycles. The zero-order chi connectivity index (χ0) is 25.0. The summed E-state index contributed by atoms with van der Waals surface area (Å²) >= 11 is 0. The summed E-state index contributed by atoms with van der Waals surface area (Å²) < 4.78 is 0. The number of carbonyl (C=O) groups excluding carboxylic acids is 2. The van der Waals surface area contributed by atoms with Crippen molar-refractivity contribution in [2.75, 3.05) is 25.5 Å². The Morgan fingerprint density at radius 3 is 2.38 bits per heavy atom. The molecule has 0 radical (unpaired) electrons. The molecule has 6 heteroatoms. The topological polar surface area (TPSA) is 65.5 Å². The molecule has 0 aromatic carbocycles. The van der Waals surface area contributed by atoms with Crippen molar-refractivity contribution >= 4 is 17.6 Å². The number of anilines is 1. The van der Waals surface area contributed by atoms with Crippen LogP contribution in [0.4, 0.5) is 5.82 Å². The van der Waals surface area contributed by atoms with Crippen molar-refractivity contribution in [1.82, 2.24) is 14.8 Å². The van der Waals surface area contributed by atoms with Gasteiger partial charge in [0.25, 0.3) is 5.91 Å². The van der Waals surface area contributed by atoms with E-state index in [0.29, 0.717) is 18.7 Å². The number of carbonyl (C=O) groups is 2. The molecule has 1 atom stereocenters. The molecule has 34 heavy (non-hydrogen) atoms. The van der Waals surface area contributed by atoms with E-state index in [0.717, 1.165) is 55.3 Å². The highest BCUT2D eigenvalue weighted by molar-refractivity contribution is 5.94. The summed E-state index contributed by atoms with van der Waals surface area (Å²) in [6, 6.07) is 2.12. The van der Waals surface area contributed by atoms with Crippen molar-refractivity contribution < 1.29 is 9.59 Å². The normalized spacial score (nSPS) is 22.5. The van der Waals surface area contributed by atoms with Gasteiger partial charge in [-0.05, 0) is 82.3 Å². The molecule has 2 saturated carbocycles. The lowest BCUT2D eigenvalue weighted by atomic mass is 9.91. The third-order valence-corrected chi connectivity index (χ3v) is 7.53. The fourth-order valence-electron chi connectivity index (χ4n) is 4.75. The van der Waals surface area contributed by atoms with Gasteiger partial charge >= 0.3 is 0 Å². The minimum atomic E-state index is 0.0277. The van der Waals surface area contributed by atoms with E-state index in [-0.39, 0.29) is 29.3 Å². The number of likely N-dealkylation sites (tertiary alicyclic amines) is 1. The maximum absolute atomic E-state index is 12.9. The van der Waals surface area contributed by atoms with Crippen LogP contribution >= 0.6 is 0 Å². The summed E-state index contributed by atoms with van der Waals surface area (Å²) in [6.07, 6.45) is 9.53. The quantitative estimate of drug-likeness (QED) is 0.642. The number of pyridine rings is 1. The van der Waals surface area contributed by atoms with Gasteiger partial charge in [-0.3, -0.25) is 9.59 Å². The van der Waals surface area contributed by atoms with Crippen LogP contribution in [0.5, 0.6) is 0 Å². The summed E-state index contributed by atoms with van der Waals surface area (Å²) in [5.41, 5.74) is 1.82. The van der Waals surface area contributed by atoms with Gasteiger partial charge in [-0.1, -0.05) is 27.7 Å². The van der Waals surface area contributed by atoms with E-state index >= 15 is 0 Å². The monoisotopic (exact) mass is 470 g/mol. The van der Waals surface area contributed by atoms with Crippen LogP contribution in [-0.2, 0) is 11.2 Å². The first-order chi connectivity index (χ1) is 16.1. The van der Waals surface area contributed by atoms with Crippen LogP contribution in [0.25, 0.3) is 0 Å². The van der Waals surface area contributed by atoms with Crippen LogP contribution in [0.15, 0.2) is 12.3 Å². The number of aromatic nitrogens is 1. The molecule has 6 nitrogen and oxygen atoms in total. The summed E-state index contributed by atoms with van der Waals surface area (Å²) in [5, 5.41) is 3.44. The molecule has 0 spiro atoms. The van der Waals surface area contributed by atoms with Crippen molar-refractivity contribution in [2.45, 2.75) is 98.1 Å². The van der Waals surface area contributed by atoms with Gasteiger partial charge in [-0.2, -0.15) is 0 Å². The zero-order valence-corrected chi connectivity index (χ0v) is 22.5. The van der Waals surface area contributed by atoms with Crippen LogP contribution < -0.4 is 5.32 Å². The van der Waals surface area contributed by atoms with E-state index in [2.05, 4.69) is 38.0 Å². The Labute approximate surface area is 206 Å². The lowest BCUT2D eigenvalue weighted by Gasteiger charge is -2.33. The van der Waals surface area contributed by atoms with E-state index in [1.54, 1.807) is 6.20 Å². The number of nitrogens with one attached hydrogen (secondary N) is 1. The van der Waals surface area contributed by atoms with Crippen molar-refractivity contribution in [2.24, 2.45) is 17.8 Å². The number of hydrogen-bond acceptors (Lipinski definition) is 4. The van der Waals surface area contributed by atoms with Crippen LogP contribution in [0.1, 0.15) is 96.0 Å². The number of nitrogens with zero attached hydrogens (tertiary/aromatic N) is 3. The minimum absolute atomic E-state index is 0.0277. The van der Waals surface area contributed by atoms with Crippen molar-refractivity contribution in [1.29, 1.82) is 0 Å². The Hall–Kier alpha value is -2.11. The molecule has 4 aliphatic rings. The first-order valence-electron chi connectivity index (χ1n) is 13.5. The second-order valence-corrected chi connectivity index (χ2v) is 11.2. The van der Waals surface area contributed by atoms with Crippen LogP contribution in [0.2, 0.25) is 0 Å². The first-order valence-corrected chi connectivity index (χ1v) is 13.5. The van der Waals surface area contributed by atoms with E-state index in [1.165, 1.54) is 12.8 Å². The van der Waals surface area contributed by atoms with Crippen LogP contribution in [0.3, 0.4) is 0 Å². The largest absolute Gasteiger partial charge is 0.365 e. The van der Waals surface area contributed by atoms with Crippen molar-refractivity contribution in [3.8, 4) is 0 Å². The number of hydrogen-bond donors (Lipinski definition) is 1. The zero-order valence-electron chi connectivity index (χ0n) is 22.5. The molecule has 0 bridgehead atoms. The molecule has 1 N–H and O–H groups in total. The van der Waals surface area contributed by atoms with Gasteiger partial charge in [0.05, 0.1) is 11.6 Å². The predicted molar refractivity (Wildman–Crippen MR) is 139 cm³/mol. The van der Waals surface area contributed by atoms with Crippen LogP contribution in [-0.4, -0.2) is 58.3 Å². The number of amides is 2. The molecule has 1 saturated heterocycles. The summed E-state index contributed by atoms with van der Waals surface area (Å²) in [7, 11) is 1.88. The SMILES string of the molecule is CC.CC(C)C1CC1.CN(C(=O)C1CC1)[C@H]1CCN(C(=O)c2cnc3c(c2)CCC(C)(C)N3)C1. The molecular formula is C28H46N4O2. The highest BCUT2D eigenvalue weighted by atomic mass is 16.2. The van der Waals surface area contributed by atoms with E-state index in [1.807, 2.05) is 36.8 Å². The maximum atomic E-state index is 12.9. The molecule has 0 unspecified atom stereocenters. The Morgan fingerprint density at radius 2 is 1.82 bits per heavy atom. The molecule has 190 valence electrons. The van der Waals surface area contributed by atoms with E-state index in [4.69, 9.17) is 0 Å². The van der Waals surface area contributed by atoms with E-state index < -0.39 is 0 Å². The Kier molecular flexibility index (Phi) is 8.64. The summed E-state index contributed by atoms with van der Waals surface area (Å²) in [5.74, 6) is 3.46. The fraction of sp³-hybridized carbons (Fsp3) is 0.750. The lowest BCUT2D eigenvalue weighted by molar-refractivity contribution is -0.133. The Balaban J connectivity index is 0.000000348. The third kappa shape index (κ3) is 6.73. The van der Waals surface area contributed by atoms with Gasteiger partial charge in [0.15, 0.2) is 0 Å². The smallest absolute Gasteiger partial charge is 0.255 e. The fourth-order valence-corrected chi connectivity index (χ4v) is 4.75. The van der Waals surface area contributed by atoms with Gasteiger partial charge in [0, 0.05) is 37.8 Å². The highest BCUT2D eigenvalue weighted by Crippen LogP contribution is 2.36. The van der Waals surface area contributed by atoms with Gasteiger partial charge in [-0.25, -0.2) is 4.98 Å². The molecule has 2 aliphatic carbocycles. The minimum Gasteiger partial charge on any atom is -0.365 e. The molecule has 2 amide bonds. The Morgan fingerprint density at radius 1 is 1.15 bits per heavy atom. The molecule has 1 aromatic rings. The summed E-state index contributed by atoms with van der Waals surface area (Å²) in [6.45, 7) is 14.3. The van der Waals surface area contributed by atoms with Crippen molar-refractivity contribution in [3.63, 3.8) is 0 Å². The van der Waals surface area contributed by atoms with Gasteiger partial charge in [0.1, 0.15) is 5.82 Å². The molecule has 5 rings (SSSR count). The Bertz CT molecular complexity index is 858. The molecule has 3 fully saturated rings. The third-order valence-electron chi connectivity index (χ3n) is 7.53. The molecule has 2 aliphatic heterocycles. The average Bonchev–Trinajstić information content (AvgIpc) is 3.75. The molecular weight excluding hydrogens is 424 g/mol. The first kappa shape index (κ1) is 26.5. The molecule has 3 heterocycles. The van der Waals surface area contributed by atoms with Gasteiger partial charge < -0.3 is 15.1 Å². The standard InChI is InChI=1S/C20H28N4O2.C6H12.C2H6/c1-20(2)8-6-14-10-15(11-21-17(14)22-20)19(26)24-9-7-16(12-24)23(3)18(25)13-4-5-13;1-5(2)6-3-4-6;1-2/h10-11,13,16H,4-9,12H2,1-3H3,(H,21,22);5-6H,3-4H2,1-2H3;1-2H3/t16-;;/m0../s1. The predicted octanol–water partition coefficient (Wildman–Crippen LogP) is 5.38. The highest BCUT2D eigenvalue weighted by Gasteiger charge is 2.38. The summed E-state index contributed by atoms with van der Waals surface area (Å²) in [4.78, 5) is 33.4. The number of aryl methyl sites for hydroxylation is 1.